The normalized spacial score (nSPS) is 11.2. The first kappa shape index (κ1) is 37.4. The number of nitrogens with zero attached hydrogens (tertiary/aromatic N) is 5. The molecule has 0 aliphatic rings. The number of rotatable bonds is 23. The average molecular weight is 610 g/mol. The summed E-state index contributed by atoms with van der Waals surface area (Å²) in [5, 5.41) is 13.0. The fourth-order valence-corrected chi connectivity index (χ4v) is 6.36. The van der Waals surface area contributed by atoms with E-state index >= 15 is 0 Å². The zero-order chi connectivity index (χ0) is 32.5. The Morgan fingerprint density at radius 1 is 0.523 bits per heavy atom. The first-order valence-electron chi connectivity index (χ1n) is 18.0. The van der Waals surface area contributed by atoms with Gasteiger partial charge in [-0.05, 0) is 72.4 Å². The molecule has 0 bridgehead atoms. The van der Waals surface area contributed by atoms with Gasteiger partial charge in [-0.2, -0.15) is 0 Å². The molecule has 0 unspecified atom stereocenters. The van der Waals surface area contributed by atoms with Gasteiger partial charge < -0.3 is 25.3 Å². The Hall–Kier alpha value is -2.80. The fraction of sp³-hybridized carbons (Fsp3) is 0.676. The second kappa shape index (κ2) is 20.3. The average Bonchev–Trinajstić information content (AvgIpc) is 3.05. The van der Waals surface area contributed by atoms with Crippen LogP contribution in [0.3, 0.4) is 0 Å². The molecule has 2 aromatic rings. The van der Waals surface area contributed by atoms with Crippen molar-refractivity contribution in [3.05, 3.63) is 30.3 Å². The Balaban J connectivity index is 3.35. The van der Waals surface area contributed by atoms with E-state index in [1.807, 2.05) is 0 Å². The summed E-state index contributed by atoms with van der Waals surface area (Å²) < 4.78 is 0. The van der Waals surface area contributed by atoms with E-state index in [4.69, 9.17) is 0 Å². The summed E-state index contributed by atoms with van der Waals surface area (Å²) in [5.41, 5.74) is 8.91. The van der Waals surface area contributed by atoms with Gasteiger partial charge in [-0.1, -0.05) is 58.7 Å². The van der Waals surface area contributed by atoms with Crippen LogP contribution < -0.4 is 30.3 Å². The van der Waals surface area contributed by atoms with Crippen LogP contribution >= 0.6 is 0 Å². The summed E-state index contributed by atoms with van der Waals surface area (Å²) in [6, 6.07) is 11.1. The minimum absolute atomic E-state index is 0.869. The molecule has 44 heavy (non-hydrogen) atoms. The zero-order valence-electron chi connectivity index (χ0n) is 30.2. The van der Waals surface area contributed by atoms with Crippen molar-refractivity contribution in [2.75, 3.05) is 96.3 Å². The molecule has 0 aromatic heterocycles. The number of para-hydroxylation sites is 1. The molecule has 0 aliphatic carbocycles. The van der Waals surface area contributed by atoms with Crippen LogP contribution in [0.2, 0.25) is 0 Å². The molecule has 7 heteroatoms. The first-order valence-corrected chi connectivity index (χ1v) is 18.0. The first-order chi connectivity index (χ1) is 21.5. The van der Waals surface area contributed by atoms with E-state index < -0.39 is 0 Å². The monoisotopic (exact) mass is 610 g/mol. The molecule has 0 saturated carbocycles. The van der Waals surface area contributed by atoms with Crippen molar-refractivity contribution < 1.29 is 0 Å². The molecule has 7 nitrogen and oxygen atoms in total. The minimum atomic E-state index is 0.869. The predicted octanol–water partition coefficient (Wildman–Crippen LogP) is 9.43. The van der Waals surface area contributed by atoms with Gasteiger partial charge >= 0.3 is 0 Å². The van der Waals surface area contributed by atoms with Gasteiger partial charge in [0.2, 0.25) is 0 Å². The molecule has 0 spiro atoms. The highest BCUT2D eigenvalue weighted by atomic mass is 15.6. The van der Waals surface area contributed by atoms with Crippen molar-refractivity contribution in [1.82, 2.24) is 5.01 Å². The van der Waals surface area contributed by atoms with E-state index in [0.29, 0.717) is 0 Å². The number of benzene rings is 2. The molecule has 0 aliphatic heterocycles. The Kier molecular flexibility index (Phi) is 17.2. The minimum Gasteiger partial charge on any atom is -0.385 e. The van der Waals surface area contributed by atoms with Crippen LogP contribution in [0.15, 0.2) is 30.3 Å². The van der Waals surface area contributed by atoms with E-state index in [2.05, 4.69) is 135 Å². The molecule has 0 fully saturated rings. The van der Waals surface area contributed by atoms with Gasteiger partial charge in [0, 0.05) is 66.0 Å². The Morgan fingerprint density at radius 2 is 1.05 bits per heavy atom. The molecule has 0 heterocycles. The van der Waals surface area contributed by atoms with Crippen molar-refractivity contribution >= 4 is 39.8 Å². The molecule has 2 N–H and O–H groups in total. The molecule has 2 aromatic carbocycles. The maximum absolute atomic E-state index is 3.92. The maximum Gasteiger partial charge on any atom is 0.109 e. The Morgan fingerprint density at radius 3 is 1.48 bits per heavy atom. The van der Waals surface area contributed by atoms with Gasteiger partial charge in [-0.15, -0.1) is 0 Å². The summed E-state index contributed by atoms with van der Waals surface area (Å²) in [5.74, 6) is 0. The summed E-state index contributed by atoms with van der Waals surface area (Å²) in [7, 11) is 2.12. The van der Waals surface area contributed by atoms with E-state index in [1.165, 1.54) is 52.7 Å². The van der Waals surface area contributed by atoms with Gasteiger partial charge in [0.15, 0.2) is 0 Å². The quantitative estimate of drug-likeness (QED) is 0.122. The third kappa shape index (κ3) is 8.89. The van der Waals surface area contributed by atoms with Crippen LogP contribution in [0, 0.1) is 0 Å². The largest absolute Gasteiger partial charge is 0.385 e. The standard InChI is InChI=1S/C37H67N7/c1-11-20-29-43(30-21-12-2)44(31-25-23-22-24-26-31)36-32(38-10)34(40(16-6)17-7)33(39-15-5)35(41(18-8)19-9)37(36)42(27-13-3)28-14-4/h22-26,38-39H,11-21,27-30H2,1-10H3. The second-order valence-electron chi connectivity index (χ2n) is 11.6. The van der Waals surface area contributed by atoms with Crippen molar-refractivity contribution in [3.8, 4) is 0 Å². The lowest BCUT2D eigenvalue weighted by Gasteiger charge is -2.45. The van der Waals surface area contributed by atoms with E-state index in [9.17, 15) is 0 Å². The Labute approximate surface area is 271 Å². The molecule has 0 amide bonds. The van der Waals surface area contributed by atoms with Crippen LogP contribution in [-0.4, -0.2) is 71.0 Å². The molecular formula is C37H67N7. The van der Waals surface area contributed by atoms with Crippen LogP contribution in [0.25, 0.3) is 0 Å². The van der Waals surface area contributed by atoms with E-state index in [1.54, 1.807) is 0 Å². The molecule has 0 saturated heterocycles. The van der Waals surface area contributed by atoms with Crippen LogP contribution in [0.4, 0.5) is 39.8 Å². The van der Waals surface area contributed by atoms with Crippen LogP contribution in [0.5, 0.6) is 0 Å². The van der Waals surface area contributed by atoms with Gasteiger partial charge in [-0.25, -0.2) is 5.01 Å². The zero-order valence-corrected chi connectivity index (χ0v) is 30.2. The SMILES string of the molecule is CCCCN(CCCC)N(c1ccccc1)c1c(NC)c(N(CC)CC)c(NCC)c(N(CC)CC)c1N(CCC)CCC. The van der Waals surface area contributed by atoms with Crippen LogP contribution in [-0.2, 0) is 0 Å². The lowest BCUT2D eigenvalue weighted by atomic mass is 10.0. The molecule has 250 valence electrons. The number of unbranched alkanes of at least 4 members (excludes halogenated alkanes) is 2. The van der Waals surface area contributed by atoms with Crippen molar-refractivity contribution in [1.29, 1.82) is 0 Å². The smallest absolute Gasteiger partial charge is 0.109 e. The van der Waals surface area contributed by atoms with E-state index in [0.717, 1.165) is 84.6 Å². The summed E-state index contributed by atoms with van der Waals surface area (Å²) in [6.07, 6.45) is 6.85. The fourth-order valence-electron chi connectivity index (χ4n) is 6.36. The van der Waals surface area contributed by atoms with Crippen molar-refractivity contribution in [3.63, 3.8) is 0 Å². The highest BCUT2D eigenvalue weighted by Crippen LogP contribution is 2.57. The summed E-state index contributed by atoms with van der Waals surface area (Å²) in [6.45, 7) is 29.4. The molecular weight excluding hydrogens is 542 g/mol. The lowest BCUT2D eigenvalue weighted by molar-refractivity contribution is 0.269. The van der Waals surface area contributed by atoms with Crippen LogP contribution in [0.1, 0.15) is 101 Å². The number of nitrogens with one attached hydrogen (secondary N) is 2. The lowest BCUT2D eigenvalue weighted by Crippen LogP contribution is -2.43. The Bertz CT molecular complexity index is 1040. The predicted molar refractivity (Wildman–Crippen MR) is 200 cm³/mol. The van der Waals surface area contributed by atoms with Crippen molar-refractivity contribution in [2.45, 2.75) is 101 Å². The molecule has 0 radical (unpaired) electrons. The van der Waals surface area contributed by atoms with Gasteiger partial charge in [0.25, 0.3) is 0 Å². The topological polar surface area (TPSA) is 40.3 Å². The summed E-state index contributed by atoms with van der Waals surface area (Å²) in [4.78, 5) is 7.82. The second-order valence-corrected chi connectivity index (χ2v) is 11.6. The molecule has 2 rings (SSSR count). The van der Waals surface area contributed by atoms with Gasteiger partial charge in [-0.3, -0.25) is 5.01 Å². The third-order valence-electron chi connectivity index (χ3n) is 8.50. The number of anilines is 7. The third-order valence-corrected chi connectivity index (χ3v) is 8.50. The number of hydrogen-bond acceptors (Lipinski definition) is 7. The number of hydrazine groups is 1. The summed E-state index contributed by atoms with van der Waals surface area (Å²) >= 11 is 0. The van der Waals surface area contributed by atoms with Gasteiger partial charge in [0.05, 0.1) is 34.1 Å². The van der Waals surface area contributed by atoms with Crippen molar-refractivity contribution in [2.24, 2.45) is 0 Å². The number of hydrogen-bond donors (Lipinski definition) is 2. The highest BCUT2D eigenvalue weighted by molar-refractivity contribution is 6.10. The molecule has 0 atom stereocenters. The van der Waals surface area contributed by atoms with E-state index in [-0.39, 0.29) is 0 Å². The highest BCUT2D eigenvalue weighted by Gasteiger charge is 2.35. The maximum atomic E-state index is 3.92. The van der Waals surface area contributed by atoms with Gasteiger partial charge in [0.1, 0.15) is 5.69 Å².